The quantitative estimate of drug-likeness (QED) is 0.207. The molecule has 0 unspecified atom stereocenters. The van der Waals surface area contributed by atoms with Gasteiger partial charge in [-0.15, -0.1) is 11.6 Å². The number of nitrogens with zero attached hydrogens (tertiary/aromatic N) is 2. The number of carbonyl (C=O) groups excluding carboxylic acids is 4. The summed E-state index contributed by atoms with van der Waals surface area (Å²) in [5.41, 5.74) is 0.131. The highest BCUT2D eigenvalue weighted by atomic mass is 35.5. The predicted molar refractivity (Wildman–Crippen MR) is 130 cm³/mol. The number of carbonyl (C=O) groups is 4. The van der Waals surface area contributed by atoms with Gasteiger partial charge in [-0.05, 0) is 61.7 Å². The van der Waals surface area contributed by atoms with Gasteiger partial charge in [0.05, 0.1) is 21.9 Å². The highest BCUT2D eigenvalue weighted by Gasteiger charge is 2.53. The molecule has 0 aromatic heterocycles. The van der Waals surface area contributed by atoms with Gasteiger partial charge in [0.15, 0.2) is 5.78 Å². The summed E-state index contributed by atoms with van der Waals surface area (Å²) < 4.78 is 13.5. The van der Waals surface area contributed by atoms with Crippen LogP contribution in [0.2, 0.25) is 10.0 Å². The van der Waals surface area contributed by atoms with Gasteiger partial charge < -0.3 is 0 Å². The molecule has 6 nitrogen and oxygen atoms in total. The molecule has 0 radical (unpaired) electrons. The lowest BCUT2D eigenvalue weighted by molar-refractivity contribution is -0.156. The fourth-order valence-electron chi connectivity index (χ4n) is 4.40. The van der Waals surface area contributed by atoms with Crippen molar-refractivity contribution in [2.75, 3.05) is 5.88 Å². The number of hydrogen-bond acceptors (Lipinski definition) is 4. The molecule has 0 spiro atoms. The van der Waals surface area contributed by atoms with Crippen molar-refractivity contribution < 1.29 is 23.6 Å². The number of rotatable bonds is 7. The Morgan fingerprint density at radius 1 is 0.943 bits per heavy atom. The molecule has 0 N–H and O–H groups in total. The van der Waals surface area contributed by atoms with Crippen LogP contribution < -0.4 is 0 Å². The third kappa shape index (κ3) is 4.85. The first-order valence-corrected chi connectivity index (χ1v) is 12.2. The van der Waals surface area contributed by atoms with Crippen LogP contribution in [0.1, 0.15) is 40.0 Å². The summed E-state index contributed by atoms with van der Waals surface area (Å²) in [5, 5.41) is 1.97. The highest BCUT2D eigenvalue weighted by molar-refractivity contribution is 6.42. The smallest absolute Gasteiger partial charge is 0.273 e. The number of ketones is 1. The minimum absolute atomic E-state index is 0.0273. The number of halogens is 4. The summed E-state index contributed by atoms with van der Waals surface area (Å²) in [6, 6.07) is 7.58. The first-order chi connectivity index (χ1) is 16.7. The standard InChI is InChI=1S/C25H20Cl3FN2O4/c26-12-11-21(22(32)14-5-8-16(29)9-6-14)30(23(33)15-7-10-19(27)20(28)13-15)31-24(34)17-3-1-2-4-18(17)25(31)35/h1-2,5-10,13,17-18,21H,3-4,11-12H2/t17-,18-,21-/m0/s1. The van der Waals surface area contributed by atoms with Gasteiger partial charge in [0.1, 0.15) is 11.9 Å². The van der Waals surface area contributed by atoms with Crippen molar-refractivity contribution in [1.82, 2.24) is 10.0 Å². The lowest BCUT2D eigenvalue weighted by atomic mass is 9.85. The van der Waals surface area contributed by atoms with Crippen LogP contribution in [0, 0.1) is 17.7 Å². The van der Waals surface area contributed by atoms with Gasteiger partial charge in [0.2, 0.25) is 0 Å². The highest BCUT2D eigenvalue weighted by Crippen LogP contribution is 2.37. The number of amides is 3. The first-order valence-electron chi connectivity index (χ1n) is 10.9. The number of fused-ring (bicyclic) bond motifs is 1. The molecule has 1 fully saturated rings. The molecule has 182 valence electrons. The number of hydrogen-bond donors (Lipinski definition) is 0. The Kier molecular flexibility index (Phi) is 7.59. The number of hydrazine groups is 1. The van der Waals surface area contributed by atoms with Crippen LogP contribution in [0.5, 0.6) is 0 Å². The first kappa shape index (κ1) is 25.4. The Bertz CT molecular complexity index is 1190. The number of imide groups is 1. The van der Waals surface area contributed by atoms with E-state index in [0.717, 1.165) is 22.2 Å². The Hall–Kier alpha value is -2.74. The van der Waals surface area contributed by atoms with Gasteiger partial charge in [-0.25, -0.2) is 9.40 Å². The lowest BCUT2D eigenvalue weighted by Crippen LogP contribution is -2.57. The van der Waals surface area contributed by atoms with E-state index in [1.165, 1.54) is 30.3 Å². The molecule has 1 aliphatic heterocycles. The van der Waals surface area contributed by atoms with Crippen LogP contribution in [-0.4, -0.2) is 45.4 Å². The zero-order valence-electron chi connectivity index (χ0n) is 18.3. The summed E-state index contributed by atoms with van der Waals surface area (Å²) in [6.07, 6.45) is 4.29. The summed E-state index contributed by atoms with van der Waals surface area (Å²) in [5.74, 6) is -4.36. The normalized spacial score (nSPS) is 20.1. The molecule has 3 atom stereocenters. The van der Waals surface area contributed by atoms with E-state index >= 15 is 0 Å². The molecule has 2 aromatic carbocycles. The second kappa shape index (κ2) is 10.5. The second-order valence-corrected chi connectivity index (χ2v) is 9.48. The number of benzene rings is 2. The molecular formula is C25H20Cl3FN2O4. The average Bonchev–Trinajstić information content (AvgIpc) is 3.10. The number of alkyl halides is 1. The van der Waals surface area contributed by atoms with E-state index in [-0.39, 0.29) is 33.5 Å². The number of allylic oxidation sites excluding steroid dienone is 2. The van der Waals surface area contributed by atoms with E-state index < -0.39 is 47.2 Å². The van der Waals surface area contributed by atoms with Crippen molar-refractivity contribution >= 4 is 58.3 Å². The van der Waals surface area contributed by atoms with E-state index in [4.69, 9.17) is 34.8 Å². The van der Waals surface area contributed by atoms with Crippen molar-refractivity contribution in [1.29, 1.82) is 0 Å². The summed E-state index contributed by atoms with van der Waals surface area (Å²) >= 11 is 18.1. The SMILES string of the molecule is O=C(c1ccc(F)cc1)[C@H](CCCl)N(C(=O)c1ccc(Cl)c(Cl)c1)N1C(=O)[C@H]2CC=CC[C@@H]2C1=O. The van der Waals surface area contributed by atoms with E-state index in [1.54, 1.807) is 0 Å². The van der Waals surface area contributed by atoms with E-state index in [1.807, 2.05) is 12.2 Å². The molecule has 1 aliphatic carbocycles. The molecule has 0 bridgehead atoms. The Morgan fingerprint density at radius 2 is 1.51 bits per heavy atom. The van der Waals surface area contributed by atoms with Gasteiger partial charge in [-0.2, -0.15) is 5.01 Å². The van der Waals surface area contributed by atoms with E-state index in [9.17, 15) is 23.6 Å². The van der Waals surface area contributed by atoms with Gasteiger partial charge in [0, 0.05) is 17.0 Å². The number of Topliss-reactive ketones (excluding diaryl/α,β-unsaturated/α-hetero) is 1. The third-order valence-electron chi connectivity index (χ3n) is 6.18. The van der Waals surface area contributed by atoms with Crippen molar-refractivity contribution in [2.24, 2.45) is 11.8 Å². The largest absolute Gasteiger partial charge is 0.292 e. The summed E-state index contributed by atoms with van der Waals surface area (Å²) in [4.78, 5) is 54.1. The molecule has 4 rings (SSSR count). The van der Waals surface area contributed by atoms with Crippen LogP contribution in [0.4, 0.5) is 4.39 Å². The monoisotopic (exact) mass is 536 g/mol. The van der Waals surface area contributed by atoms with Crippen LogP contribution >= 0.6 is 34.8 Å². The summed E-state index contributed by atoms with van der Waals surface area (Å²) in [7, 11) is 0. The third-order valence-corrected chi connectivity index (χ3v) is 7.14. The Labute approximate surface area is 216 Å². The van der Waals surface area contributed by atoms with Crippen molar-refractivity contribution in [2.45, 2.75) is 25.3 Å². The Morgan fingerprint density at radius 3 is 2.06 bits per heavy atom. The van der Waals surface area contributed by atoms with Crippen LogP contribution in [0.3, 0.4) is 0 Å². The molecule has 2 aliphatic rings. The van der Waals surface area contributed by atoms with Crippen LogP contribution in [0.25, 0.3) is 0 Å². The zero-order chi connectivity index (χ0) is 25.3. The fraction of sp³-hybridized carbons (Fsp3) is 0.280. The maximum atomic E-state index is 13.8. The molecule has 1 heterocycles. The predicted octanol–water partition coefficient (Wildman–Crippen LogP) is 5.32. The van der Waals surface area contributed by atoms with E-state index in [0.29, 0.717) is 12.8 Å². The molecule has 0 saturated carbocycles. The van der Waals surface area contributed by atoms with Gasteiger partial charge in [0.25, 0.3) is 17.7 Å². The molecule has 10 heteroatoms. The lowest BCUT2D eigenvalue weighted by Gasteiger charge is -2.36. The fourth-order valence-corrected chi connectivity index (χ4v) is 4.91. The van der Waals surface area contributed by atoms with Gasteiger partial charge in [-0.3, -0.25) is 19.2 Å². The average molecular weight is 538 g/mol. The molecule has 3 amide bonds. The molecule has 1 saturated heterocycles. The topological polar surface area (TPSA) is 74.8 Å². The van der Waals surface area contributed by atoms with Crippen molar-refractivity contribution in [3.63, 3.8) is 0 Å². The van der Waals surface area contributed by atoms with Crippen molar-refractivity contribution in [3.05, 3.63) is 81.6 Å². The van der Waals surface area contributed by atoms with Crippen LogP contribution in [-0.2, 0) is 9.59 Å². The second-order valence-electron chi connectivity index (χ2n) is 8.29. The van der Waals surface area contributed by atoms with Gasteiger partial charge >= 0.3 is 0 Å². The van der Waals surface area contributed by atoms with Crippen molar-refractivity contribution in [3.8, 4) is 0 Å². The Balaban J connectivity index is 1.82. The van der Waals surface area contributed by atoms with E-state index in [2.05, 4.69) is 0 Å². The molecule has 35 heavy (non-hydrogen) atoms. The molecular weight excluding hydrogens is 518 g/mol. The van der Waals surface area contributed by atoms with Gasteiger partial charge in [-0.1, -0.05) is 35.4 Å². The zero-order valence-corrected chi connectivity index (χ0v) is 20.6. The molecule has 2 aromatic rings. The minimum Gasteiger partial charge on any atom is -0.292 e. The maximum absolute atomic E-state index is 13.8. The minimum atomic E-state index is -1.30. The summed E-state index contributed by atoms with van der Waals surface area (Å²) in [6.45, 7) is 0. The maximum Gasteiger partial charge on any atom is 0.273 e. The van der Waals surface area contributed by atoms with Crippen LogP contribution in [0.15, 0.2) is 54.6 Å².